The van der Waals surface area contributed by atoms with E-state index in [1.165, 1.54) is 73.1 Å². The second-order valence-electron chi connectivity index (χ2n) is 11.5. The molecule has 5 rings (SSSR count). The van der Waals surface area contributed by atoms with Crippen LogP contribution in [-0.4, -0.2) is 50.4 Å². The highest BCUT2D eigenvalue weighted by molar-refractivity contribution is 5.62. The van der Waals surface area contributed by atoms with E-state index in [0.29, 0.717) is 11.7 Å². The predicted octanol–water partition coefficient (Wildman–Crippen LogP) is 7.15. The van der Waals surface area contributed by atoms with E-state index in [0.717, 1.165) is 62.3 Å². The van der Waals surface area contributed by atoms with Crippen LogP contribution < -0.4 is 14.8 Å². The number of phenolic OH excluding ortho intramolecular Hbond substituents is 1. The van der Waals surface area contributed by atoms with Gasteiger partial charge in [0, 0.05) is 24.8 Å². The maximum absolute atomic E-state index is 9.90. The lowest BCUT2D eigenvalue weighted by atomic mass is 9.79. The molecule has 0 radical (unpaired) electrons. The van der Waals surface area contributed by atoms with Crippen molar-refractivity contribution >= 4 is 5.69 Å². The van der Waals surface area contributed by atoms with Gasteiger partial charge in [-0.1, -0.05) is 43.2 Å². The van der Waals surface area contributed by atoms with Crippen molar-refractivity contribution in [2.24, 2.45) is 0 Å². The molecule has 2 N–H and O–H groups in total. The van der Waals surface area contributed by atoms with Crippen molar-refractivity contribution in [3.63, 3.8) is 0 Å². The van der Waals surface area contributed by atoms with Crippen LogP contribution in [0.4, 0.5) is 5.69 Å². The molecule has 0 spiro atoms. The molecule has 1 unspecified atom stereocenters. The van der Waals surface area contributed by atoms with Crippen LogP contribution in [0.25, 0.3) is 0 Å². The first-order valence-electron chi connectivity index (χ1n) is 15.2. The molecule has 1 saturated heterocycles. The van der Waals surface area contributed by atoms with E-state index in [1.54, 1.807) is 20.3 Å². The Morgan fingerprint density at radius 1 is 0.825 bits per heavy atom. The Labute approximate surface area is 240 Å². The number of fused-ring (bicyclic) bond motifs is 1. The fourth-order valence-electron chi connectivity index (χ4n) is 6.43. The van der Waals surface area contributed by atoms with Crippen LogP contribution in [0.2, 0.25) is 0 Å². The first-order valence-corrected chi connectivity index (χ1v) is 15.2. The highest BCUT2D eigenvalue weighted by Gasteiger charge is 2.24. The fourth-order valence-corrected chi connectivity index (χ4v) is 6.43. The Balaban J connectivity index is 1.17. The lowest BCUT2D eigenvalue weighted by Crippen LogP contribution is -2.26. The average Bonchev–Trinajstić information content (AvgIpc) is 3.27. The summed E-state index contributed by atoms with van der Waals surface area (Å²) < 4.78 is 11.3. The predicted molar refractivity (Wildman–Crippen MR) is 164 cm³/mol. The monoisotopic (exact) mass is 542 g/mol. The van der Waals surface area contributed by atoms with Gasteiger partial charge in [-0.3, -0.25) is 0 Å². The number of hydrogen-bond acceptors (Lipinski definition) is 5. The van der Waals surface area contributed by atoms with Gasteiger partial charge in [0.2, 0.25) is 0 Å². The summed E-state index contributed by atoms with van der Waals surface area (Å²) in [5, 5.41) is 13.6. The zero-order chi connectivity index (χ0) is 27.7. The van der Waals surface area contributed by atoms with E-state index < -0.39 is 0 Å². The van der Waals surface area contributed by atoms with E-state index >= 15 is 0 Å². The molecule has 3 aromatic carbocycles. The minimum atomic E-state index is 0.355. The number of nitrogens with one attached hydrogen (secondary N) is 1. The van der Waals surface area contributed by atoms with Gasteiger partial charge in [0.05, 0.1) is 14.2 Å². The number of rotatable bonds is 11. The van der Waals surface area contributed by atoms with Gasteiger partial charge >= 0.3 is 0 Å². The molecular weight excluding hydrogens is 496 g/mol. The number of nitrogens with zero attached hydrogens (tertiary/aromatic N) is 1. The SMILES string of the molecule is COc1cc(NCCCc2ccc(CCN3CCCCCC3)cc2)c(C2CCc3cc(O)ccc3C2)cc1OC. The normalized spacial score (nSPS) is 17.6. The number of phenols is 1. The molecule has 1 aliphatic heterocycles. The van der Waals surface area contributed by atoms with Gasteiger partial charge in [-0.15, -0.1) is 0 Å². The van der Waals surface area contributed by atoms with Crippen molar-refractivity contribution in [3.8, 4) is 17.2 Å². The Bertz CT molecular complexity index is 1230. The van der Waals surface area contributed by atoms with Gasteiger partial charge < -0.3 is 24.8 Å². The summed E-state index contributed by atoms with van der Waals surface area (Å²) >= 11 is 0. The lowest BCUT2D eigenvalue weighted by Gasteiger charge is -2.28. The average molecular weight is 543 g/mol. The molecule has 5 heteroatoms. The molecule has 1 atom stereocenters. The smallest absolute Gasteiger partial charge is 0.162 e. The number of ether oxygens (including phenoxy) is 2. The summed E-state index contributed by atoms with van der Waals surface area (Å²) in [6.07, 6.45) is 11.8. The van der Waals surface area contributed by atoms with Crippen LogP contribution in [0.15, 0.2) is 54.6 Å². The first kappa shape index (κ1) is 28.4. The van der Waals surface area contributed by atoms with E-state index in [1.807, 2.05) is 6.07 Å². The Kier molecular flexibility index (Phi) is 9.88. The molecule has 3 aromatic rings. The summed E-state index contributed by atoms with van der Waals surface area (Å²) in [7, 11) is 3.40. The Morgan fingerprint density at radius 3 is 2.25 bits per heavy atom. The summed E-state index contributed by atoms with van der Waals surface area (Å²) in [5.74, 6) is 2.27. The Hall–Kier alpha value is -3.18. The van der Waals surface area contributed by atoms with Crippen LogP contribution in [0, 0.1) is 0 Å². The minimum absolute atomic E-state index is 0.355. The number of aryl methyl sites for hydroxylation is 2. The standard InChI is InChI=1S/C35H46N2O3/c1-39-34-24-32(30-14-13-29-23-31(38)16-15-28(29)22-30)33(25-35(34)40-2)36-18-7-8-26-9-11-27(12-10-26)17-21-37-19-5-3-4-6-20-37/h9-12,15-16,23-25,30,36,38H,3-8,13-14,17-22H2,1-2H3. The Morgan fingerprint density at radius 2 is 1.52 bits per heavy atom. The van der Waals surface area contributed by atoms with Gasteiger partial charge in [0.1, 0.15) is 5.75 Å². The molecule has 214 valence electrons. The molecule has 1 heterocycles. The van der Waals surface area contributed by atoms with E-state index in [-0.39, 0.29) is 0 Å². The first-order chi connectivity index (χ1) is 19.6. The third-order valence-corrected chi connectivity index (χ3v) is 8.81. The van der Waals surface area contributed by atoms with Gasteiger partial charge in [0.25, 0.3) is 0 Å². The number of methoxy groups -OCH3 is 2. The molecule has 1 aliphatic carbocycles. The molecule has 0 amide bonds. The van der Waals surface area contributed by atoms with Gasteiger partial charge in [-0.05, 0) is 116 Å². The molecule has 5 nitrogen and oxygen atoms in total. The van der Waals surface area contributed by atoms with Crippen LogP contribution in [-0.2, 0) is 25.7 Å². The van der Waals surface area contributed by atoms with Crippen LogP contribution in [0.3, 0.4) is 0 Å². The van der Waals surface area contributed by atoms with Crippen molar-refractivity contribution in [1.29, 1.82) is 0 Å². The van der Waals surface area contributed by atoms with Crippen molar-refractivity contribution in [2.45, 2.75) is 70.1 Å². The molecule has 0 aromatic heterocycles. The summed E-state index contributed by atoms with van der Waals surface area (Å²) in [4.78, 5) is 2.64. The zero-order valence-corrected chi connectivity index (χ0v) is 24.4. The second kappa shape index (κ2) is 13.9. The number of aromatic hydroxyl groups is 1. The summed E-state index contributed by atoms with van der Waals surface area (Å²) in [6, 6.07) is 19.3. The van der Waals surface area contributed by atoms with E-state index in [4.69, 9.17) is 9.47 Å². The number of likely N-dealkylation sites (tertiary alicyclic amines) is 1. The summed E-state index contributed by atoms with van der Waals surface area (Å²) in [5.41, 5.74) is 7.85. The van der Waals surface area contributed by atoms with Gasteiger partial charge in [-0.25, -0.2) is 0 Å². The third kappa shape index (κ3) is 7.31. The molecule has 0 saturated carbocycles. The fraction of sp³-hybridized carbons (Fsp3) is 0.486. The molecule has 40 heavy (non-hydrogen) atoms. The van der Waals surface area contributed by atoms with Crippen LogP contribution in [0.1, 0.15) is 72.3 Å². The summed E-state index contributed by atoms with van der Waals surface area (Å²) in [6.45, 7) is 4.62. The lowest BCUT2D eigenvalue weighted by molar-refractivity contribution is 0.289. The maximum Gasteiger partial charge on any atom is 0.162 e. The van der Waals surface area contributed by atoms with E-state index in [2.05, 4.69) is 52.7 Å². The minimum Gasteiger partial charge on any atom is -0.508 e. The van der Waals surface area contributed by atoms with Gasteiger partial charge in [-0.2, -0.15) is 0 Å². The van der Waals surface area contributed by atoms with Crippen molar-refractivity contribution in [3.05, 3.63) is 82.4 Å². The third-order valence-electron chi connectivity index (χ3n) is 8.81. The van der Waals surface area contributed by atoms with Crippen LogP contribution >= 0.6 is 0 Å². The molecular formula is C35H46N2O3. The quantitative estimate of drug-likeness (QED) is 0.252. The number of anilines is 1. The number of benzene rings is 3. The molecule has 2 aliphatic rings. The molecule has 0 bridgehead atoms. The van der Waals surface area contributed by atoms with Crippen molar-refractivity contribution in [1.82, 2.24) is 4.90 Å². The highest BCUT2D eigenvalue weighted by atomic mass is 16.5. The maximum atomic E-state index is 9.90. The van der Waals surface area contributed by atoms with Crippen molar-refractivity contribution < 1.29 is 14.6 Å². The van der Waals surface area contributed by atoms with Gasteiger partial charge in [0.15, 0.2) is 11.5 Å². The van der Waals surface area contributed by atoms with E-state index in [9.17, 15) is 5.11 Å². The zero-order valence-electron chi connectivity index (χ0n) is 24.4. The van der Waals surface area contributed by atoms with Crippen molar-refractivity contribution in [2.75, 3.05) is 45.7 Å². The topological polar surface area (TPSA) is 54.0 Å². The number of hydrogen-bond donors (Lipinski definition) is 2. The second-order valence-corrected chi connectivity index (χ2v) is 11.5. The molecule has 1 fully saturated rings. The largest absolute Gasteiger partial charge is 0.508 e. The van der Waals surface area contributed by atoms with Crippen LogP contribution in [0.5, 0.6) is 17.2 Å². The highest BCUT2D eigenvalue weighted by Crippen LogP contribution is 2.42.